The lowest BCUT2D eigenvalue weighted by Crippen LogP contribution is -2.07. The second-order valence-corrected chi connectivity index (χ2v) is 4.68. The van der Waals surface area contributed by atoms with E-state index in [4.69, 9.17) is 5.73 Å². The number of anilines is 1. The predicted octanol–water partition coefficient (Wildman–Crippen LogP) is 2.26. The summed E-state index contributed by atoms with van der Waals surface area (Å²) >= 11 is 0. The minimum atomic E-state index is 0.469. The fourth-order valence-corrected chi connectivity index (χ4v) is 1.55. The van der Waals surface area contributed by atoms with E-state index < -0.39 is 0 Å². The number of nitrogens with zero attached hydrogens (tertiary/aromatic N) is 2. The van der Waals surface area contributed by atoms with Crippen molar-refractivity contribution in [2.45, 2.75) is 20.3 Å². The van der Waals surface area contributed by atoms with E-state index in [1.54, 1.807) is 7.05 Å². The van der Waals surface area contributed by atoms with E-state index in [1.165, 1.54) is 0 Å². The molecule has 17 heavy (non-hydrogen) atoms. The van der Waals surface area contributed by atoms with E-state index in [2.05, 4.69) is 33.1 Å². The number of benzene rings is 1. The van der Waals surface area contributed by atoms with Crippen LogP contribution in [0.25, 0.3) is 0 Å². The summed E-state index contributed by atoms with van der Waals surface area (Å²) in [4.78, 5) is 8.63. The maximum atomic E-state index is 5.77. The lowest BCUT2D eigenvalue weighted by atomic mass is 10.1. The van der Waals surface area contributed by atoms with Crippen LogP contribution in [0.5, 0.6) is 0 Å². The molecule has 0 aromatic heterocycles. The Labute approximate surface area is 105 Å². The molecule has 4 heteroatoms. The highest BCUT2D eigenvalue weighted by Crippen LogP contribution is 2.09. The summed E-state index contributed by atoms with van der Waals surface area (Å²) in [5.41, 5.74) is 7.53. The average Bonchev–Trinajstić information content (AvgIpc) is 2.33. The third-order valence-electron chi connectivity index (χ3n) is 2.65. The molecule has 0 spiro atoms. The molecule has 1 rings (SSSR count). The fraction of sp³-hybridized carbons (Fsp3) is 0.385. The molecule has 0 radical (unpaired) electrons. The van der Waals surface area contributed by atoms with Crippen LogP contribution in [0.1, 0.15) is 25.8 Å². The van der Waals surface area contributed by atoms with E-state index in [1.807, 2.05) is 24.4 Å². The molecule has 2 atom stereocenters. The van der Waals surface area contributed by atoms with Gasteiger partial charge in [0.05, 0.1) is 0 Å². The van der Waals surface area contributed by atoms with Gasteiger partial charge >= 0.3 is 0 Å². The monoisotopic (exact) mass is 249 g/mol. The third-order valence-corrected chi connectivity index (χ3v) is 3.15. The zero-order valence-electron chi connectivity index (χ0n) is 10.6. The topological polar surface area (TPSA) is 50.7 Å². The van der Waals surface area contributed by atoms with Crippen LogP contribution in [0.15, 0.2) is 28.2 Å². The molecular weight excluding hydrogens is 229 g/mol. The largest absolute Gasteiger partial charge is 0.398 e. The smallest absolute Gasteiger partial charge is 0.153 e. The molecule has 0 amide bonds. The molecule has 92 valence electrons. The first kappa shape index (κ1) is 13.9. The Hall–Kier alpha value is -1.21. The first-order valence-electron chi connectivity index (χ1n) is 5.74. The Balaban J connectivity index is 2.95. The molecule has 2 unspecified atom stereocenters. The van der Waals surface area contributed by atoms with Crippen molar-refractivity contribution >= 4 is 32.3 Å². The molecule has 0 saturated carbocycles. The SMILES string of the molecule is CCC(C)C=NC(=NC)c1ccc(N)c(P)c1. The number of amidine groups is 1. The van der Waals surface area contributed by atoms with E-state index in [0.717, 1.165) is 28.8 Å². The van der Waals surface area contributed by atoms with Crippen LogP contribution in [0.4, 0.5) is 5.69 Å². The second-order valence-electron chi connectivity index (χ2n) is 4.05. The van der Waals surface area contributed by atoms with E-state index in [0.29, 0.717) is 5.92 Å². The number of nitrogen functional groups attached to an aromatic ring is 1. The summed E-state index contributed by atoms with van der Waals surface area (Å²) in [6, 6.07) is 5.80. The molecule has 3 nitrogen and oxygen atoms in total. The molecule has 1 aromatic rings. The van der Waals surface area contributed by atoms with E-state index in [9.17, 15) is 0 Å². The quantitative estimate of drug-likeness (QED) is 0.380. The van der Waals surface area contributed by atoms with E-state index >= 15 is 0 Å². The molecule has 0 saturated heterocycles. The van der Waals surface area contributed by atoms with Gasteiger partial charge in [-0.25, -0.2) is 4.99 Å². The van der Waals surface area contributed by atoms with Gasteiger partial charge in [-0.1, -0.05) is 13.8 Å². The van der Waals surface area contributed by atoms with Crippen LogP contribution in [0, 0.1) is 5.92 Å². The Morgan fingerprint density at radius 3 is 2.76 bits per heavy atom. The molecule has 0 aliphatic rings. The first-order valence-corrected chi connectivity index (χ1v) is 6.32. The van der Waals surface area contributed by atoms with Crippen LogP contribution < -0.4 is 11.0 Å². The summed E-state index contributed by atoms with van der Waals surface area (Å²) in [5.74, 6) is 1.21. The van der Waals surface area contributed by atoms with E-state index in [-0.39, 0.29) is 0 Å². The van der Waals surface area contributed by atoms with Gasteiger partial charge in [0.2, 0.25) is 0 Å². The van der Waals surface area contributed by atoms with Crippen LogP contribution in [-0.4, -0.2) is 19.1 Å². The lowest BCUT2D eigenvalue weighted by molar-refractivity contribution is 0.755. The number of hydrogen-bond acceptors (Lipinski definition) is 2. The van der Waals surface area contributed by atoms with Crippen LogP contribution in [0.3, 0.4) is 0 Å². The molecule has 1 aromatic carbocycles. The Morgan fingerprint density at radius 1 is 1.53 bits per heavy atom. The number of hydrogen-bond donors (Lipinski definition) is 1. The van der Waals surface area contributed by atoms with Crippen molar-refractivity contribution in [3.05, 3.63) is 23.8 Å². The molecular formula is C13H20N3P. The molecule has 0 heterocycles. The minimum Gasteiger partial charge on any atom is -0.398 e. The molecule has 2 N–H and O–H groups in total. The van der Waals surface area contributed by atoms with Crippen LogP contribution in [0.2, 0.25) is 0 Å². The highest BCUT2D eigenvalue weighted by Gasteiger charge is 2.03. The summed E-state index contributed by atoms with van der Waals surface area (Å²) in [6.07, 6.45) is 3.03. The number of rotatable bonds is 3. The van der Waals surface area contributed by atoms with Gasteiger partial charge in [-0.2, -0.15) is 0 Å². The Morgan fingerprint density at radius 2 is 2.24 bits per heavy atom. The number of nitrogens with two attached hydrogens (primary N) is 1. The van der Waals surface area contributed by atoms with Crippen molar-refractivity contribution in [1.82, 2.24) is 0 Å². The normalized spacial score (nSPS) is 14.2. The van der Waals surface area contributed by atoms with Crippen molar-refractivity contribution in [3.63, 3.8) is 0 Å². The average molecular weight is 249 g/mol. The zero-order valence-corrected chi connectivity index (χ0v) is 11.8. The summed E-state index contributed by atoms with van der Waals surface area (Å²) in [5, 5.41) is 0.974. The van der Waals surface area contributed by atoms with Gasteiger partial charge in [-0.05, 0) is 35.8 Å². The summed E-state index contributed by atoms with van der Waals surface area (Å²) in [6.45, 7) is 4.28. The van der Waals surface area contributed by atoms with Gasteiger partial charge in [-0.15, -0.1) is 9.24 Å². The lowest BCUT2D eigenvalue weighted by Gasteiger charge is -2.05. The van der Waals surface area contributed by atoms with Crippen LogP contribution >= 0.6 is 9.24 Å². The highest BCUT2D eigenvalue weighted by molar-refractivity contribution is 7.28. The molecule has 0 fully saturated rings. The van der Waals surface area contributed by atoms with Crippen molar-refractivity contribution < 1.29 is 0 Å². The fourth-order valence-electron chi connectivity index (χ4n) is 1.28. The Kier molecular flexibility index (Phi) is 5.30. The van der Waals surface area contributed by atoms with Crippen molar-refractivity contribution in [3.8, 4) is 0 Å². The molecule has 0 aliphatic heterocycles. The summed E-state index contributed by atoms with van der Waals surface area (Å²) in [7, 11) is 4.37. The van der Waals surface area contributed by atoms with Crippen molar-refractivity contribution in [2.75, 3.05) is 12.8 Å². The maximum absolute atomic E-state index is 5.77. The molecule has 0 aliphatic carbocycles. The second kappa shape index (κ2) is 6.51. The third kappa shape index (κ3) is 3.94. The van der Waals surface area contributed by atoms with Crippen LogP contribution in [-0.2, 0) is 0 Å². The van der Waals surface area contributed by atoms with Gasteiger partial charge in [0.1, 0.15) is 0 Å². The van der Waals surface area contributed by atoms with Gasteiger partial charge < -0.3 is 5.73 Å². The first-order chi connectivity index (χ1) is 8.08. The van der Waals surface area contributed by atoms with Crippen molar-refractivity contribution in [1.29, 1.82) is 0 Å². The van der Waals surface area contributed by atoms with Crippen molar-refractivity contribution in [2.24, 2.45) is 15.9 Å². The van der Waals surface area contributed by atoms with Gasteiger partial charge in [0.15, 0.2) is 5.84 Å². The Bertz CT molecular complexity index is 438. The highest BCUT2D eigenvalue weighted by atomic mass is 31.0. The predicted molar refractivity (Wildman–Crippen MR) is 80.6 cm³/mol. The minimum absolute atomic E-state index is 0.469. The summed E-state index contributed by atoms with van der Waals surface area (Å²) < 4.78 is 0. The maximum Gasteiger partial charge on any atom is 0.153 e. The number of aliphatic imine (C=N–C) groups is 2. The van der Waals surface area contributed by atoms with Gasteiger partial charge in [0.25, 0.3) is 0 Å². The zero-order chi connectivity index (χ0) is 12.8. The van der Waals surface area contributed by atoms with Gasteiger partial charge in [0, 0.05) is 24.5 Å². The van der Waals surface area contributed by atoms with Gasteiger partial charge in [-0.3, -0.25) is 4.99 Å². The molecule has 0 bridgehead atoms. The standard InChI is InChI=1S/C13H20N3P/c1-4-9(2)8-16-13(15-3)10-5-6-11(14)12(17)7-10/h5-9H,4,14,17H2,1-3H3.